The van der Waals surface area contributed by atoms with Gasteiger partial charge in [0.1, 0.15) is 12.7 Å². The number of phosphoric acid groups is 1. The standard InChI is InChI=1S/C35H60NO7P/c1-2-3-4-5-6-7-8-9-10-11-12-13-14-15-16-17-18-19-20-21-22-23-24-25-26-27-28-29-35(38)41-32-34(37)33-43-44(39,40)42-31-30-36/h3-4,6-7,9-10,12-13,15-16,18-19,34,37H,2,5,8,11,14,17,20-33,36H2,1H3,(H,39,40)/b4-3-,7-6-,10-9-,13-12-,16-15-,19-18-. The van der Waals surface area contributed by atoms with Crippen molar-refractivity contribution >= 4 is 13.8 Å². The third kappa shape index (κ3) is 32.8. The molecule has 0 radical (unpaired) electrons. The Morgan fingerprint density at radius 3 is 1.64 bits per heavy atom. The fraction of sp³-hybridized carbons (Fsp3) is 0.629. The molecule has 9 heteroatoms. The van der Waals surface area contributed by atoms with Crippen LogP contribution in [-0.4, -0.2) is 48.4 Å². The molecule has 2 atom stereocenters. The van der Waals surface area contributed by atoms with Gasteiger partial charge >= 0.3 is 13.8 Å². The molecule has 2 unspecified atom stereocenters. The smallest absolute Gasteiger partial charge is 0.463 e. The third-order valence-corrected chi connectivity index (χ3v) is 7.32. The number of esters is 1. The van der Waals surface area contributed by atoms with Gasteiger partial charge in [-0.1, -0.05) is 118 Å². The second-order valence-electron chi connectivity index (χ2n) is 10.5. The molecule has 0 aliphatic rings. The Kier molecular flexibility index (Phi) is 30.8. The van der Waals surface area contributed by atoms with E-state index in [0.29, 0.717) is 0 Å². The lowest BCUT2D eigenvalue weighted by atomic mass is 10.1. The van der Waals surface area contributed by atoms with Crippen molar-refractivity contribution in [1.29, 1.82) is 0 Å². The van der Waals surface area contributed by atoms with Gasteiger partial charge < -0.3 is 20.5 Å². The van der Waals surface area contributed by atoms with Gasteiger partial charge in [-0.3, -0.25) is 13.8 Å². The molecule has 0 aromatic heterocycles. The van der Waals surface area contributed by atoms with Crippen LogP contribution in [0.1, 0.15) is 110 Å². The average Bonchev–Trinajstić information content (AvgIpc) is 3.01. The minimum absolute atomic E-state index is 0.0693. The molecule has 0 rings (SSSR count). The van der Waals surface area contributed by atoms with E-state index in [2.05, 4.69) is 88.9 Å². The first kappa shape index (κ1) is 41.9. The van der Waals surface area contributed by atoms with E-state index in [1.165, 1.54) is 32.1 Å². The summed E-state index contributed by atoms with van der Waals surface area (Å²) in [6, 6.07) is 0. The van der Waals surface area contributed by atoms with Crippen LogP contribution >= 0.6 is 7.82 Å². The van der Waals surface area contributed by atoms with Crippen LogP contribution in [0.5, 0.6) is 0 Å². The Labute approximate surface area is 267 Å². The van der Waals surface area contributed by atoms with Crippen LogP contribution in [0.15, 0.2) is 72.9 Å². The van der Waals surface area contributed by atoms with Crippen molar-refractivity contribution in [3.8, 4) is 0 Å². The monoisotopic (exact) mass is 637 g/mol. The van der Waals surface area contributed by atoms with E-state index in [0.717, 1.165) is 64.2 Å². The number of ether oxygens (including phenoxy) is 1. The zero-order valence-corrected chi connectivity index (χ0v) is 28.0. The number of phosphoric ester groups is 1. The summed E-state index contributed by atoms with van der Waals surface area (Å²) >= 11 is 0. The van der Waals surface area contributed by atoms with E-state index in [9.17, 15) is 19.4 Å². The maximum Gasteiger partial charge on any atom is 0.472 e. The first-order valence-corrected chi connectivity index (χ1v) is 18.0. The highest BCUT2D eigenvalue weighted by Gasteiger charge is 2.22. The zero-order valence-electron chi connectivity index (χ0n) is 27.1. The second kappa shape index (κ2) is 32.3. The number of rotatable bonds is 30. The molecule has 0 amide bonds. The number of aliphatic hydroxyl groups excluding tert-OH is 1. The van der Waals surface area contributed by atoms with E-state index in [1.807, 2.05) is 0 Å². The van der Waals surface area contributed by atoms with Crippen molar-refractivity contribution in [2.45, 2.75) is 116 Å². The van der Waals surface area contributed by atoms with Crippen LogP contribution in [-0.2, 0) is 23.1 Å². The summed E-state index contributed by atoms with van der Waals surface area (Å²) in [6.45, 7) is 1.31. The maximum atomic E-state index is 11.8. The van der Waals surface area contributed by atoms with Gasteiger partial charge in [-0.05, 0) is 57.8 Å². The molecule has 252 valence electrons. The highest BCUT2D eigenvalue weighted by molar-refractivity contribution is 7.47. The van der Waals surface area contributed by atoms with Crippen molar-refractivity contribution in [3.63, 3.8) is 0 Å². The normalized spacial score (nSPS) is 14.7. The van der Waals surface area contributed by atoms with Gasteiger partial charge in [-0.2, -0.15) is 0 Å². The van der Waals surface area contributed by atoms with Gasteiger partial charge in [0.15, 0.2) is 0 Å². The van der Waals surface area contributed by atoms with E-state index in [1.54, 1.807) is 0 Å². The van der Waals surface area contributed by atoms with Crippen LogP contribution in [0.3, 0.4) is 0 Å². The molecular weight excluding hydrogens is 577 g/mol. The van der Waals surface area contributed by atoms with Crippen molar-refractivity contribution in [3.05, 3.63) is 72.9 Å². The van der Waals surface area contributed by atoms with Crippen molar-refractivity contribution in [1.82, 2.24) is 0 Å². The van der Waals surface area contributed by atoms with Crippen LogP contribution in [0.2, 0.25) is 0 Å². The lowest BCUT2D eigenvalue weighted by Crippen LogP contribution is -2.23. The molecule has 0 aliphatic carbocycles. The Bertz CT molecular complexity index is 896. The van der Waals surface area contributed by atoms with Gasteiger partial charge in [0.25, 0.3) is 0 Å². The van der Waals surface area contributed by atoms with Crippen LogP contribution < -0.4 is 5.73 Å². The molecule has 0 aliphatic heterocycles. The van der Waals surface area contributed by atoms with E-state index in [4.69, 9.17) is 10.5 Å². The predicted molar refractivity (Wildman–Crippen MR) is 182 cm³/mol. The molecule has 0 bridgehead atoms. The molecule has 0 saturated heterocycles. The molecule has 44 heavy (non-hydrogen) atoms. The van der Waals surface area contributed by atoms with E-state index in [-0.39, 0.29) is 26.2 Å². The Hall–Kier alpha value is -2.06. The molecule has 0 fully saturated rings. The predicted octanol–water partition coefficient (Wildman–Crippen LogP) is 8.58. The number of aliphatic hydroxyl groups is 1. The van der Waals surface area contributed by atoms with Crippen molar-refractivity contribution in [2.24, 2.45) is 5.73 Å². The third-order valence-electron chi connectivity index (χ3n) is 6.34. The van der Waals surface area contributed by atoms with Crippen molar-refractivity contribution in [2.75, 3.05) is 26.4 Å². The Balaban J connectivity index is 3.52. The lowest BCUT2D eigenvalue weighted by molar-refractivity contribution is -0.147. The first-order chi connectivity index (χ1) is 21.4. The molecule has 0 spiro atoms. The number of nitrogens with two attached hydrogens (primary N) is 1. The molecular formula is C35H60NO7P. The molecule has 0 aromatic rings. The molecule has 0 aromatic carbocycles. The number of unbranched alkanes of at least 4 members (excludes halogenated alkanes) is 8. The van der Waals surface area contributed by atoms with Gasteiger partial charge in [-0.15, -0.1) is 0 Å². The van der Waals surface area contributed by atoms with E-state index >= 15 is 0 Å². The van der Waals surface area contributed by atoms with Crippen molar-refractivity contribution < 1.29 is 33.1 Å². The number of carbonyl (C=O) groups excluding carboxylic acids is 1. The average molecular weight is 638 g/mol. The highest BCUT2D eigenvalue weighted by atomic mass is 31.2. The summed E-state index contributed by atoms with van der Waals surface area (Å²) < 4.78 is 25.7. The summed E-state index contributed by atoms with van der Waals surface area (Å²) in [5, 5.41) is 9.73. The minimum atomic E-state index is -4.26. The second-order valence-corrected chi connectivity index (χ2v) is 12.0. The first-order valence-electron chi connectivity index (χ1n) is 16.5. The number of carbonyl (C=O) groups is 1. The van der Waals surface area contributed by atoms with Crippen LogP contribution in [0.4, 0.5) is 0 Å². The number of allylic oxidation sites excluding steroid dienone is 12. The summed E-state index contributed by atoms with van der Waals surface area (Å²) in [5.41, 5.74) is 5.19. The quantitative estimate of drug-likeness (QED) is 0.0309. The maximum absolute atomic E-state index is 11.8. The SMILES string of the molecule is CC/C=C\C/C=C\C/C=C\C/C=C\C/C=C\C/C=C\CCCCCCCCCCC(=O)OCC(O)COP(=O)(O)OCCN. The van der Waals surface area contributed by atoms with Crippen LogP contribution in [0, 0.1) is 0 Å². The largest absolute Gasteiger partial charge is 0.472 e. The highest BCUT2D eigenvalue weighted by Crippen LogP contribution is 2.42. The topological polar surface area (TPSA) is 128 Å². The minimum Gasteiger partial charge on any atom is -0.463 e. The number of hydrogen-bond donors (Lipinski definition) is 3. The van der Waals surface area contributed by atoms with Crippen LogP contribution in [0.25, 0.3) is 0 Å². The Morgan fingerprint density at radius 1 is 0.682 bits per heavy atom. The molecule has 0 heterocycles. The van der Waals surface area contributed by atoms with Gasteiger partial charge in [-0.25, -0.2) is 4.57 Å². The molecule has 0 saturated carbocycles. The molecule has 4 N–H and O–H groups in total. The van der Waals surface area contributed by atoms with E-state index < -0.39 is 26.5 Å². The molecule has 8 nitrogen and oxygen atoms in total. The summed E-state index contributed by atoms with van der Waals surface area (Å²) in [4.78, 5) is 21.2. The fourth-order valence-electron chi connectivity index (χ4n) is 3.93. The fourth-order valence-corrected chi connectivity index (χ4v) is 4.70. The summed E-state index contributed by atoms with van der Waals surface area (Å²) in [5.74, 6) is -0.398. The Morgan fingerprint density at radius 2 is 1.14 bits per heavy atom. The van der Waals surface area contributed by atoms with Gasteiger partial charge in [0.05, 0.1) is 13.2 Å². The summed E-state index contributed by atoms with van der Waals surface area (Å²) in [7, 11) is -4.26. The lowest BCUT2D eigenvalue weighted by Gasteiger charge is -2.15. The van der Waals surface area contributed by atoms with Gasteiger partial charge in [0.2, 0.25) is 0 Å². The summed E-state index contributed by atoms with van der Waals surface area (Å²) in [6.07, 6.45) is 41.9. The zero-order chi connectivity index (χ0) is 32.4. The van der Waals surface area contributed by atoms with Gasteiger partial charge in [0, 0.05) is 13.0 Å². The number of hydrogen-bond acceptors (Lipinski definition) is 7.